The van der Waals surface area contributed by atoms with Crippen LogP contribution in [0.1, 0.15) is 38.5 Å². The zero-order chi connectivity index (χ0) is 13.1. The molecule has 2 bridgehead atoms. The van der Waals surface area contributed by atoms with Crippen LogP contribution in [0, 0.1) is 23.7 Å². The zero-order valence-corrected chi connectivity index (χ0v) is 11.2. The Morgan fingerprint density at radius 2 is 1.28 bits per heavy atom. The van der Waals surface area contributed by atoms with Crippen molar-refractivity contribution >= 4 is 11.9 Å². The van der Waals surface area contributed by atoms with Gasteiger partial charge in [-0.05, 0) is 17.8 Å². The lowest BCUT2D eigenvalue weighted by molar-refractivity contribution is -0.166. The van der Waals surface area contributed by atoms with Crippen molar-refractivity contribution in [3.05, 3.63) is 0 Å². The van der Waals surface area contributed by atoms with Crippen LogP contribution in [0.15, 0.2) is 0 Å². The first-order chi connectivity index (χ1) is 8.69. The van der Waals surface area contributed by atoms with Gasteiger partial charge >= 0.3 is 11.9 Å². The molecule has 0 N–H and O–H groups in total. The molecule has 4 heteroatoms. The summed E-state index contributed by atoms with van der Waals surface area (Å²) >= 11 is 0. The Bertz CT molecular complexity index is 288. The molecule has 0 aromatic heterocycles. The topological polar surface area (TPSA) is 52.6 Å². The first-order valence-electron chi connectivity index (χ1n) is 6.84. The van der Waals surface area contributed by atoms with Crippen molar-refractivity contribution < 1.29 is 19.1 Å². The maximum absolute atomic E-state index is 11.9. The Morgan fingerprint density at radius 1 is 0.889 bits per heavy atom. The molecule has 2 rings (SSSR count). The molecule has 102 valence electrons. The van der Waals surface area contributed by atoms with E-state index in [-0.39, 0.29) is 5.92 Å². The van der Waals surface area contributed by atoms with Crippen LogP contribution in [-0.2, 0) is 19.1 Å². The summed E-state index contributed by atoms with van der Waals surface area (Å²) in [4.78, 5) is 23.8. The van der Waals surface area contributed by atoms with Gasteiger partial charge < -0.3 is 9.47 Å². The summed E-state index contributed by atoms with van der Waals surface area (Å²) in [6.07, 6.45) is 6.97. The lowest BCUT2D eigenvalue weighted by Gasteiger charge is -2.44. The van der Waals surface area contributed by atoms with Gasteiger partial charge in [-0.1, -0.05) is 38.5 Å². The van der Waals surface area contributed by atoms with E-state index in [2.05, 4.69) is 0 Å². The fraction of sp³-hybridized carbons (Fsp3) is 0.857. The van der Waals surface area contributed by atoms with Gasteiger partial charge in [-0.3, -0.25) is 9.59 Å². The summed E-state index contributed by atoms with van der Waals surface area (Å²) in [6.45, 7) is 0. The van der Waals surface area contributed by atoms with E-state index in [1.165, 1.54) is 27.1 Å². The molecule has 0 saturated heterocycles. The van der Waals surface area contributed by atoms with Crippen LogP contribution in [0.4, 0.5) is 0 Å². The van der Waals surface area contributed by atoms with E-state index in [9.17, 15) is 9.59 Å². The zero-order valence-electron chi connectivity index (χ0n) is 11.2. The van der Waals surface area contributed by atoms with Crippen molar-refractivity contribution in [3.8, 4) is 0 Å². The molecule has 0 aromatic carbocycles. The van der Waals surface area contributed by atoms with Gasteiger partial charge in [0.1, 0.15) is 0 Å². The van der Waals surface area contributed by atoms with E-state index in [0.717, 1.165) is 25.7 Å². The standard InChI is InChI=1S/C14H22O4/c1-17-13(15)12(14(16)18-2)11-9-5-3-6-10(11)8-4-7-9/h9-12H,3-8H2,1-2H3. The average Bonchev–Trinajstić information content (AvgIpc) is 2.38. The molecule has 18 heavy (non-hydrogen) atoms. The number of methoxy groups -OCH3 is 2. The van der Waals surface area contributed by atoms with Crippen molar-refractivity contribution in [3.63, 3.8) is 0 Å². The number of rotatable bonds is 3. The Labute approximate surface area is 108 Å². The van der Waals surface area contributed by atoms with E-state index in [1.807, 2.05) is 0 Å². The highest BCUT2D eigenvalue weighted by Crippen LogP contribution is 2.48. The smallest absolute Gasteiger partial charge is 0.320 e. The Morgan fingerprint density at radius 3 is 1.61 bits per heavy atom. The largest absolute Gasteiger partial charge is 0.468 e. The normalized spacial score (nSPS) is 30.9. The van der Waals surface area contributed by atoms with Crippen molar-refractivity contribution in [1.29, 1.82) is 0 Å². The molecular formula is C14H22O4. The second kappa shape index (κ2) is 5.72. The molecule has 0 aliphatic heterocycles. The van der Waals surface area contributed by atoms with Gasteiger partial charge in [0, 0.05) is 0 Å². The van der Waals surface area contributed by atoms with Crippen molar-refractivity contribution in [2.24, 2.45) is 23.7 Å². The Hall–Kier alpha value is -1.06. The van der Waals surface area contributed by atoms with Crippen molar-refractivity contribution in [2.75, 3.05) is 14.2 Å². The summed E-state index contributed by atoms with van der Waals surface area (Å²) in [5.41, 5.74) is 0. The molecule has 2 saturated carbocycles. The molecule has 0 aromatic rings. The summed E-state index contributed by atoms with van der Waals surface area (Å²) in [5, 5.41) is 0. The molecule has 0 unspecified atom stereocenters. The molecule has 0 amide bonds. The molecule has 2 aliphatic carbocycles. The second-order valence-electron chi connectivity index (χ2n) is 5.48. The van der Waals surface area contributed by atoms with Crippen LogP contribution in [0.2, 0.25) is 0 Å². The molecule has 0 radical (unpaired) electrons. The first kappa shape index (κ1) is 13.4. The van der Waals surface area contributed by atoms with E-state index in [4.69, 9.17) is 9.47 Å². The van der Waals surface area contributed by atoms with Crippen LogP contribution in [0.5, 0.6) is 0 Å². The number of esters is 2. The monoisotopic (exact) mass is 254 g/mol. The van der Waals surface area contributed by atoms with Gasteiger partial charge in [0.05, 0.1) is 14.2 Å². The highest BCUT2D eigenvalue weighted by molar-refractivity contribution is 5.95. The Balaban J connectivity index is 2.23. The van der Waals surface area contributed by atoms with Crippen molar-refractivity contribution in [1.82, 2.24) is 0 Å². The minimum Gasteiger partial charge on any atom is -0.468 e. The SMILES string of the molecule is COC(=O)C(C(=O)OC)C1C2CCCC1CCC2. The van der Waals surface area contributed by atoms with Gasteiger partial charge in [-0.25, -0.2) is 0 Å². The third kappa shape index (κ3) is 2.38. The molecule has 0 atom stereocenters. The predicted molar refractivity (Wildman–Crippen MR) is 65.7 cm³/mol. The molecule has 0 heterocycles. The fourth-order valence-corrected chi connectivity index (χ4v) is 3.94. The van der Waals surface area contributed by atoms with Gasteiger partial charge in [0.15, 0.2) is 5.92 Å². The first-order valence-corrected chi connectivity index (χ1v) is 6.84. The molecule has 0 spiro atoms. The van der Waals surface area contributed by atoms with E-state index in [0.29, 0.717) is 11.8 Å². The van der Waals surface area contributed by atoms with E-state index < -0.39 is 17.9 Å². The maximum atomic E-state index is 11.9. The lowest BCUT2D eigenvalue weighted by atomic mass is 9.60. The summed E-state index contributed by atoms with van der Waals surface area (Å²) in [5.74, 6) is -0.458. The van der Waals surface area contributed by atoms with Gasteiger partial charge in [-0.15, -0.1) is 0 Å². The lowest BCUT2D eigenvalue weighted by Crippen LogP contribution is -2.44. The third-order valence-electron chi connectivity index (χ3n) is 4.68. The molecule has 4 nitrogen and oxygen atoms in total. The maximum Gasteiger partial charge on any atom is 0.320 e. The average molecular weight is 254 g/mol. The predicted octanol–water partition coefficient (Wildman–Crippen LogP) is 2.17. The summed E-state index contributed by atoms with van der Waals surface area (Å²) in [7, 11) is 2.69. The molecule has 2 fully saturated rings. The van der Waals surface area contributed by atoms with Gasteiger partial charge in [0.2, 0.25) is 0 Å². The fourth-order valence-electron chi connectivity index (χ4n) is 3.94. The van der Waals surface area contributed by atoms with E-state index in [1.54, 1.807) is 0 Å². The van der Waals surface area contributed by atoms with Crippen LogP contribution < -0.4 is 0 Å². The number of ether oxygens (including phenoxy) is 2. The third-order valence-corrected chi connectivity index (χ3v) is 4.68. The highest BCUT2D eigenvalue weighted by atomic mass is 16.5. The van der Waals surface area contributed by atoms with Gasteiger partial charge in [-0.2, -0.15) is 0 Å². The quantitative estimate of drug-likeness (QED) is 0.572. The van der Waals surface area contributed by atoms with E-state index >= 15 is 0 Å². The minimum absolute atomic E-state index is 0.132. The summed E-state index contributed by atoms with van der Waals surface area (Å²) < 4.78 is 9.63. The Kier molecular flexibility index (Phi) is 4.25. The molecule has 2 aliphatic rings. The second-order valence-corrected chi connectivity index (χ2v) is 5.48. The van der Waals surface area contributed by atoms with Crippen molar-refractivity contribution in [2.45, 2.75) is 38.5 Å². The van der Waals surface area contributed by atoms with Crippen LogP contribution >= 0.6 is 0 Å². The summed E-state index contributed by atoms with van der Waals surface area (Å²) in [6, 6.07) is 0. The van der Waals surface area contributed by atoms with Crippen LogP contribution in [0.3, 0.4) is 0 Å². The highest BCUT2D eigenvalue weighted by Gasteiger charge is 2.47. The number of hydrogen-bond donors (Lipinski definition) is 0. The van der Waals surface area contributed by atoms with Crippen LogP contribution in [0.25, 0.3) is 0 Å². The van der Waals surface area contributed by atoms with Gasteiger partial charge in [0.25, 0.3) is 0 Å². The number of carbonyl (C=O) groups excluding carboxylic acids is 2. The van der Waals surface area contributed by atoms with Crippen LogP contribution in [-0.4, -0.2) is 26.2 Å². The number of fused-ring (bicyclic) bond motifs is 2. The number of carbonyl (C=O) groups is 2. The molecular weight excluding hydrogens is 232 g/mol. The minimum atomic E-state index is -0.712. The number of hydrogen-bond acceptors (Lipinski definition) is 4.